The van der Waals surface area contributed by atoms with Crippen LogP contribution in [0.5, 0.6) is 0 Å². The van der Waals surface area contributed by atoms with Gasteiger partial charge < -0.3 is 5.32 Å². The smallest absolute Gasteiger partial charge is 0.212 e. The third-order valence-electron chi connectivity index (χ3n) is 3.36. The number of hydrogen-bond acceptors (Lipinski definition) is 3. The van der Waals surface area contributed by atoms with Gasteiger partial charge in [0.05, 0.1) is 11.3 Å². The van der Waals surface area contributed by atoms with Crippen LogP contribution in [0.15, 0.2) is 59.4 Å². The number of allylic oxidation sites excluding steroid dienone is 1. The molecule has 0 saturated heterocycles. The first-order valence-electron chi connectivity index (χ1n) is 7.28. The summed E-state index contributed by atoms with van der Waals surface area (Å²) in [5.74, 6) is -0.288. The number of anilines is 1. The van der Waals surface area contributed by atoms with Gasteiger partial charge in [0.1, 0.15) is 0 Å². The summed E-state index contributed by atoms with van der Waals surface area (Å²) in [6.45, 7) is 4.52. The van der Waals surface area contributed by atoms with Crippen LogP contribution in [0.2, 0.25) is 0 Å². The molecule has 0 amide bonds. The Labute approximate surface area is 130 Å². The van der Waals surface area contributed by atoms with E-state index in [1.807, 2.05) is 38.1 Å². The van der Waals surface area contributed by atoms with Crippen molar-refractivity contribution in [2.45, 2.75) is 13.8 Å². The molecule has 0 aliphatic rings. The molecule has 0 unspecified atom stereocenters. The lowest BCUT2D eigenvalue weighted by Gasteiger charge is -2.00. The van der Waals surface area contributed by atoms with Crippen molar-refractivity contribution in [2.24, 2.45) is 0 Å². The summed E-state index contributed by atoms with van der Waals surface area (Å²) >= 11 is 0. The molecule has 0 atom stereocenters. The molecule has 2 rings (SSSR count). The molecule has 0 saturated carbocycles. The lowest BCUT2D eigenvalue weighted by Crippen LogP contribution is -2.15. The Morgan fingerprint density at radius 3 is 2.50 bits per heavy atom. The average molecular weight is 293 g/mol. The van der Waals surface area contributed by atoms with Crippen molar-refractivity contribution in [3.8, 4) is 0 Å². The van der Waals surface area contributed by atoms with Gasteiger partial charge in [-0.15, -0.1) is 0 Å². The summed E-state index contributed by atoms with van der Waals surface area (Å²) in [5.41, 5.74) is 2.40. The van der Waals surface area contributed by atoms with Gasteiger partial charge in [0.2, 0.25) is 5.43 Å². The zero-order valence-corrected chi connectivity index (χ0v) is 12.8. The third-order valence-corrected chi connectivity index (χ3v) is 3.36. The predicted octanol–water partition coefficient (Wildman–Crippen LogP) is 3.68. The third kappa shape index (κ3) is 3.70. The lowest BCUT2D eigenvalue weighted by atomic mass is 10.1. The van der Waals surface area contributed by atoms with Crippen molar-refractivity contribution in [3.05, 3.63) is 81.5 Å². The van der Waals surface area contributed by atoms with E-state index in [2.05, 4.69) is 5.32 Å². The van der Waals surface area contributed by atoms with Crippen LogP contribution in [0, 0.1) is 6.92 Å². The number of benzene rings is 1. The first-order chi connectivity index (χ1) is 10.6. The van der Waals surface area contributed by atoms with Gasteiger partial charge >= 0.3 is 0 Å². The molecule has 22 heavy (non-hydrogen) atoms. The van der Waals surface area contributed by atoms with Crippen LogP contribution in [0.1, 0.15) is 28.4 Å². The van der Waals surface area contributed by atoms with E-state index in [0.717, 1.165) is 11.1 Å². The van der Waals surface area contributed by atoms with Gasteiger partial charge in [0.25, 0.3) is 0 Å². The molecule has 0 spiro atoms. The van der Waals surface area contributed by atoms with Crippen molar-refractivity contribution < 1.29 is 4.79 Å². The highest BCUT2D eigenvalue weighted by molar-refractivity contribution is 6.07. The van der Waals surface area contributed by atoms with Gasteiger partial charge in [-0.3, -0.25) is 9.59 Å². The second kappa shape index (κ2) is 7.36. The summed E-state index contributed by atoms with van der Waals surface area (Å²) in [4.78, 5) is 24.7. The Morgan fingerprint density at radius 1 is 1.09 bits per heavy atom. The van der Waals surface area contributed by atoms with E-state index in [-0.39, 0.29) is 16.8 Å². The molecule has 0 bridgehead atoms. The molecule has 3 nitrogen and oxygen atoms in total. The molecule has 112 valence electrons. The molecule has 3 heteroatoms. The van der Waals surface area contributed by atoms with Crippen molar-refractivity contribution >= 4 is 17.5 Å². The van der Waals surface area contributed by atoms with E-state index in [1.54, 1.807) is 30.3 Å². The Bertz CT molecular complexity index is 763. The van der Waals surface area contributed by atoms with Crippen LogP contribution in [-0.4, -0.2) is 12.3 Å². The van der Waals surface area contributed by atoms with E-state index in [1.165, 1.54) is 6.08 Å². The predicted molar refractivity (Wildman–Crippen MR) is 91.4 cm³/mol. The van der Waals surface area contributed by atoms with Crippen molar-refractivity contribution in [3.63, 3.8) is 0 Å². The van der Waals surface area contributed by atoms with Crippen molar-refractivity contribution in [2.75, 3.05) is 11.9 Å². The summed E-state index contributed by atoms with van der Waals surface area (Å²) in [7, 11) is 0. The second-order valence-electron chi connectivity index (χ2n) is 4.96. The Hall–Kier alpha value is -2.68. The average Bonchev–Trinajstić information content (AvgIpc) is 2.69. The van der Waals surface area contributed by atoms with Gasteiger partial charge in [-0.1, -0.05) is 42.5 Å². The van der Waals surface area contributed by atoms with E-state index in [9.17, 15) is 9.59 Å². The Kier molecular flexibility index (Phi) is 5.26. The largest absolute Gasteiger partial charge is 0.382 e. The fourth-order valence-electron chi connectivity index (χ4n) is 2.15. The molecule has 0 aromatic heterocycles. The first kappa shape index (κ1) is 15.7. The minimum absolute atomic E-state index is 0.172. The summed E-state index contributed by atoms with van der Waals surface area (Å²) < 4.78 is 0. The Morgan fingerprint density at radius 2 is 1.77 bits per heavy atom. The van der Waals surface area contributed by atoms with E-state index < -0.39 is 0 Å². The molecular weight excluding hydrogens is 274 g/mol. The minimum atomic E-state index is -0.288. The van der Waals surface area contributed by atoms with Crippen molar-refractivity contribution in [1.82, 2.24) is 0 Å². The molecule has 1 N–H and O–H groups in total. The van der Waals surface area contributed by atoms with Gasteiger partial charge in [-0.2, -0.15) is 0 Å². The summed E-state index contributed by atoms with van der Waals surface area (Å²) in [6, 6.07) is 14.5. The molecule has 0 heterocycles. The standard InChI is InChI=1S/C19H19NO2/c1-3-20-17-11-7-6-10-16(19(17)22)18(21)13-12-15-9-5-4-8-14(15)2/h4-13H,3H2,1-2H3,(H,20,22). The summed E-state index contributed by atoms with van der Waals surface area (Å²) in [5, 5.41) is 2.99. The lowest BCUT2D eigenvalue weighted by molar-refractivity contribution is 0.104. The van der Waals surface area contributed by atoms with Crippen LogP contribution in [0.4, 0.5) is 5.69 Å². The topological polar surface area (TPSA) is 46.2 Å². The van der Waals surface area contributed by atoms with Crippen LogP contribution in [0.3, 0.4) is 0 Å². The number of hydrogen-bond donors (Lipinski definition) is 1. The van der Waals surface area contributed by atoms with Crippen LogP contribution in [-0.2, 0) is 0 Å². The monoisotopic (exact) mass is 293 g/mol. The Balaban J connectivity index is 2.35. The number of ketones is 1. The highest BCUT2D eigenvalue weighted by Crippen LogP contribution is 2.10. The van der Waals surface area contributed by atoms with E-state index in [0.29, 0.717) is 12.2 Å². The molecular formula is C19H19NO2. The fourth-order valence-corrected chi connectivity index (χ4v) is 2.15. The molecule has 2 aromatic rings. The molecule has 0 aliphatic carbocycles. The zero-order chi connectivity index (χ0) is 15.9. The zero-order valence-electron chi connectivity index (χ0n) is 12.8. The second-order valence-corrected chi connectivity index (χ2v) is 4.96. The molecule has 0 fully saturated rings. The minimum Gasteiger partial charge on any atom is -0.382 e. The molecule has 2 aromatic carbocycles. The van der Waals surface area contributed by atoms with Crippen LogP contribution < -0.4 is 10.7 Å². The fraction of sp³-hybridized carbons (Fsp3) is 0.158. The van der Waals surface area contributed by atoms with Gasteiger partial charge in [-0.05, 0) is 43.2 Å². The van der Waals surface area contributed by atoms with E-state index >= 15 is 0 Å². The van der Waals surface area contributed by atoms with Gasteiger partial charge in [-0.25, -0.2) is 0 Å². The van der Waals surface area contributed by atoms with Crippen LogP contribution >= 0.6 is 0 Å². The summed E-state index contributed by atoms with van der Waals surface area (Å²) in [6.07, 6.45) is 3.20. The maximum Gasteiger partial charge on any atom is 0.212 e. The number of carbonyl (C=O) groups excluding carboxylic acids is 1. The van der Waals surface area contributed by atoms with Crippen LogP contribution in [0.25, 0.3) is 6.08 Å². The number of carbonyl (C=O) groups is 1. The highest BCUT2D eigenvalue weighted by atomic mass is 16.1. The van der Waals surface area contributed by atoms with Gasteiger partial charge in [0.15, 0.2) is 5.78 Å². The van der Waals surface area contributed by atoms with Gasteiger partial charge in [0, 0.05) is 6.54 Å². The number of nitrogens with one attached hydrogen (secondary N) is 1. The maximum absolute atomic E-state index is 12.4. The highest BCUT2D eigenvalue weighted by Gasteiger charge is 2.08. The SMILES string of the molecule is CCNc1ccccc(C(=O)C=Cc2ccccc2C)c1=O. The van der Waals surface area contributed by atoms with Crippen molar-refractivity contribution in [1.29, 1.82) is 0 Å². The molecule has 0 aliphatic heterocycles. The maximum atomic E-state index is 12.4. The first-order valence-corrected chi connectivity index (χ1v) is 7.28. The molecule has 0 radical (unpaired) electrons. The number of aryl methyl sites for hydroxylation is 1. The quantitative estimate of drug-likeness (QED) is 0.675. The number of rotatable bonds is 5. The normalized spacial score (nSPS) is 10.6. The van der Waals surface area contributed by atoms with E-state index in [4.69, 9.17) is 0 Å².